The number of hydrogen-bond donors (Lipinski definition) is 1. The quantitative estimate of drug-likeness (QED) is 0.751. The standard InChI is InChI=1S/C12H26N2/c1-4-6-10(2)14-11(3)7-5-8-12(14)9-13/h10-12H,4-9,13H2,1-3H3. The third-order valence-corrected chi connectivity index (χ3v) is 3.58. The van der Waals surface area contributed by atoms with Crippen LogP contribution in [0.3, 0.4) is 0 Å². The molecule has 1 heterocycles. The van der Waals surface area contributed by atoms with Crippen molar-refractivity contribution in [3.63, 3.8) is 0 Å². The summed E-state index contributed by atoms with van der Waals surface area (Å²) in [5.41, 5.74) is 5.85. The molecule has 0 aromatic heterocycles. The van der Waals surface area contributed by atoms with Gasteiger partial charge in [-0.15, -0.1) is 0 Å². The van der Waals surface area contributed by atoms with Gasteiger partial charge in [0.1, 0.15) is 0 Å². The van der Waals surface area contributed by atoms with E-state index in [-0.39, 0.29) is 0 Å². The van der Waals surface area contributed by atoms with Gasteiger partial charge in [0, 0.05) is 24.7 Å². The van der Waals surface area contributed by atoms with Crippen LogP contribution in [-0.4, -0.2) is 29.6 Å². The average molecular weight is 198 g/mol. The van der Waals surface area contributed by atoms with Gasteiger partial charge in [0.2, 0.25) is 0 Å². The third kappa shape index (κ3) is 2.71. The zero-order valence-corrected chi connectivity index (χ0v) is 10.00. The van der Waals surface area contributed by atoms with Crippen molar-refractivity contribution in [1.29, 1.82) is 0 Å². The highest BCUT2D eigenvalue weighted by Crippen LogP contribution is 2.25. The SMILES string of the molecule is CCCC(C)N1C(C)CCCC1CN. The lowest BCUT2D eigenvalue weighted by atomic mass is 9.93. The molecule has 0 bridgehead atoms. The first-order chi connectivity index (χ1) is 6.70. The predicted octanol–water partition coefficient (Wildman–Crippen LogP) is 2.38. The lowest BCUT2D eigenvalue weighted by molar-refractivity contribution is 0.0535. The van der Waals surface area contributed by atoms with Crippen molar-refractivity contribution in [2.45, 2.75) is 71.0 Å². The van der Waals surface area contributed by atoms with Crippen LogP contribution in [-0.2, 0) is 0 Å². The zero-order chi connectivity index (χ0) is 10.6. The summed E-state index contributed by atoms with van der Waals surface area (Å²) < 4.78 is 0. The Bertz CT molecular complexity index is 158. The van der Waals surface area contributed by atoms with Crippen molar-refractivity contribution in [2.75, 3.05) is 6.54 Å². The summed E-state index contributed by atoms with van der Waals surface area (Å²) in [6, 6.07) is 2.09. The van der Waals surface area contributed by atoms with Gasteiger partial charge in [0.15, 0.2) is 0 Å². The fraction of sp³-hybridized carbons (Fsp3) is 1.00. The molecule has 0 saturated carbocycles. The highest BCUT2D eigenvalue weighted by Gasteiger charge is 2.29. The Labute approximate surface area is 88.8 Å². The van der Waals surface area contributed by atoms with Crippen LogP contribution in [0.25, 0.3) is 0 Å². The zero-order valence-electron chi connectivity index (χ0n) is 10.00. The molecule has 2 heteroatoms. The van der Waals surface area contributed by atoms with Gasteiger partial charge in [-0.25, -0.2) is 0 Å². The van der Waals surface area contributed by atoms with Crippen molar-refractivity contribution < 1.29 is 0 Å². The minimum absolute atomic E-state index is 0.639. The summed E-state index contributed by atoms with van der Waals surface area (Å²) in [6.45, 7) is 7.81. The summed E-state index contributed by atoms with van der Waals surface area (Å²) in [5.74, 6) is 0. The van der Waals surface area contributed by atoms with E-state index in [4.69, 9.17) is 5.73 Å². The third-order valence-electron chi connectivity index (χ3n) is 3.58. The Morgan fingerprint density at radius 1 is 1.43 bits per heavy atom. The molecule has 2 nitrogen and oxygen atoms in total. The number of nitrogens with two attached hydrogens (primary N) is 1. The molecule has 2 N–H and O–H groups in total. The molecule has 1 saturated heterocycles. The number of piperidine rings is 1. The number of nitrogens with zero attached hydrogens (tertiary/aromatic N) is 1. The summed E-state index contributed by atoms with van der Waals surface area (Å²) in [4.78, 5) is 2.66. The molecule has 0 amide bonds. The van der Waals surface area contributed by atoms with Crippen LogP contribution in [0.4, 0.5) is 0 Å². The van der Waals surface area contributed by atoms with Crippen LogP contribution in [0.1, 0.15) is 52.9 Å². The summed E-state index contributed by atoms with van der Waals surface area (Å²) in [7, 11) is 0. The first-order valence-corrected chi connectivity index (χ1v) is 6.18. The minimum atomic E-state index is 0.639. The monoisotopic (exact) mass is 198 g/mol. The Morgan fingerprint density at radius 3 is 2.71 bits per heavy atom. The maximum absolute atomic E-state index is 5.85. The van der Waals surface area contributed by atoms with Crippen molar-refractivity contribution in [1.82, 2.24) is 4.90 Å². The van der Waals surface area contributed by atoms with Crippen molar-refractivity contribution >= 4 is 0 Å². The van der Waals surface area contributed by atoms with Crippen molar-refractivity contribution in [3.8, 4) is 0 Å². The maximum atomic E-state index is 5.85. The molecule has 1 aliphatic heterocycles. The topological polar surface area (TPSA) is 29.3 Å². The smallest absolute Gasteiger partial charge is 0.0224 e. The van der Waals surface area contributed by atoms with Gasteiger partial charge >= 0.3 is 0 Å². The van der Waals surface area contributed by atoms with Gasteiger partial charge in [-0.2, -0.15) is 0 Å². The van der Waals surface area contributed by atoms with E-state index < -0.39 is 0 Å². The average Bonchev–Trinajstić information content (AvgIpc) is 2.17. The van der Waals surface area contributed by atoms with Crippen LogP contribution < -0.4 is 5.73 Å². The van der Waals surface area contributed by atoms with Gasteiger partial charge in [-0.3, -0.25) is 4.90 Å². The Hall–Kier alpha value is -0.0800. The van der Waals surface area contributed by atoms with Gasteiger partial charge < -0.3 is 5.73 Å². The second-order valence-electron chi connectivity index (χ2n) is 4.75. The second kappa shape index (κ2) is 5.72. The lowest BCUT2D eigenvalue weighted by Gasteiger charge is -2.44. The van der Waals surface area contributed by atoms with E-state index in [0.29, 0.717) is 12.1 Å². The Balaban J connectivity index is 2.58. The molecule has 84 valence electrons. The van der Waals surface area contributed by atoms with E-state index in [1.54, 1.807) is 0 Å². The van der Waals surface area contributed by atoms with Crippen LogP contribution in [0.2, 0.25) is 0 Å². The minimum Gasteiger partial charge on any atom is -0.329 e. The molecule has 1 fully saturated rings. The van der Waals surface area contributed by atoms with Gasteiger partial charge in [-0.05, 0) is 33.1 Å². The fourth-order valence-electron chi connectivity index (χ4n) is 2.91. The van der Waals surface area contributed by atoms with E-state index in [2.05, 4.69) is 25.7 Å². The second-order valence-corrected chi connectivity index (χ2v) is 4.75. The maximum Gasteiger partial charge on any atom is 0.0224 e. The summed E-state index contributed by atoms with van der Waals surface area (Å²) in [5, 5.41) is 0. The number of likely N-dealkylation sites (tertiary alicyclic amines) is 1. The number of hydrogen-bond acceptors (Lipinski definition) is 2. The molecule has 3 atom stereocenters. The molecule has 1 rings (SSSR count). The van der Waals surface area contributed by atoms with E-state index in [1.807, 2.05) is 0 Å². The largest absolute Gasteiger partial charge is 0.329 e. The molecule has 0 aromatic rings. The number of rotatable bonds is 4. The molecule has 3 unspecified atom stereocenters. The molecule has 1 aliphatic rings. The molecule has 0 aliphatic carbocycles. The molecular formula is C12H26N2. The van der Waals surface area contributed by atoms with E-state index >= 15 is 0 Å². The molecule has 0 aromatic carbocycles. The summed E-state index contributed by atoms with van der Waals surface area (Å²) >= 11 is 0. The highest BCUT2D eigenvalue weighted by atomic mass is 15.2. The van der Waals surface area contributed by atoms with Crippen LogP contribution in [0, 0.1) is 0 Å². The van der Waals surface area contributed by atoms with Crippen LogP contribution in [0.15, 0.2) is 0 Å². The Morgan fingerprint density at radius 2 is 2.14 bits per heavy atom. The van der Waals surface area contributed by atoms with Crippen LogP contribution in [0.5, 0.6) is 0 Å². The predicted molar refractivity (Wildman–Crippen MR) is 62.4 cm³/mol. The normalized spacial score (nSPS) is 31.7. The van der Waals surface area contributed by atoms with Crippen LogP contribution >= 0.6 is 0 Å². The van der Waals surface area contributed by atoms with E-state index in [1.165, 1.54) is 32.1 Å². The first kappa shape index (κ1) is 12.0. The van der Waals surface area contributed by atoms with Gasteiger partial charge in [-0.1, -0.05) is 19.8 Å². The first-order valence-electron chi connectivity index (χ1n) is 6.18. The molecule has 0 spiro atoms. The molecule has 0 radical (unpaired) electrons. The summed E-state index contributed by atoms with van der Waals surface area (Å²) in [6.07, 6.45) is 6.60. The van der Waals surface area contributed by atoms with E-state index in [9.17, 15) is 0 Å². The van der Waals surface area contributed by atoms with Gasteiger partial charge in [0.05, 0.1) is 0 Å². The lowest BCUT2D eigenvalue weighted by Crippen LogP contribution is -2.52. The molecular weight excluding hydrogens is 172 g/mol. The van der Waals surface area contributed by atoms with Crippen molar-refractivity contribution in [2.24, 2.45) is 5.73 Å². The van der Waals surface area contributed by atoms with Crippen molar-refractivity contribution in [3.05, 3.63) is 0 Å². The van der Waals surface area contributed by atoms with Gasteiger partial charge in [0.25, 0.3) is 0 Å². The van der Waals surface area contributed by atoms with E-state index in [0.717, 1.165) is 12.6 Å². The molecule has 14 heavy (non-hydrogen) atoms. The highest BCUT2D eigenvalue weighted by molar-refractivity contribution is 4.86. The Kier molecular flexibility index (Phi) is 4.90. The fourth-order valence-corrected chi connectivity index (χ4v) is 2.91.